The molecule has 3 saturated carbocycles. The molecular weight excluding hydrogens is 486 g/mol. The monoisotopic (exact) mass is 522 g/mol. The van der Waals surface area contributed by atoms with Crippen LogP contribution in [0.25, 0.3) is 0 Å². The number of carbonyl (C=O) groups excluding carboxylic acids is 1. The van der Waals surface area contributed by atoms with Crippen LogP contribution >= 0.6 is 0 Å². The number of hydrogen-bond donors (Lipinski definition) is 2. The van der Waals surface area contributed by atoms with E-state index in [0.29, 0.717) is 12.8 Å². The molecule has 0 aromatic rings. The van der Waals surface area contributed by atoms with Gasteiger partial charge in [-0.2, -0.15) is 26.3 Å². The summed E-state index contributed by atoms with van der Waals surface area (Å²) in [6.07, 6.45) is -3.20. The van der Waals surface area contributed by atoms with Crippen LogP contribution in [0.4, 0.5) is 26.3 Å². The summed E-state index contributed by atoms with van der Waals surface area (Å²) in [5.74, 6) is -2.24. The number of hydrogen-bond acceptors (Lipinski definition) is 3. The van der Waals surface area contributed by atoms with Crippen molar-refractivity contribution < 1.29 is 41.4 Å². The molecule has 0 spiro atoms. The maximum atomic E-state index is 13.0. The van der Waals surface area contributed by atoms with Gasteiger partial charge in [-0.15, -0.1) is 0 Å². The molecule has 3 fully saturated rings. The Balaban J connectivity index is 1.72. The number of alkyl halides is 6. The van der Waals surface area contributed by atoms with Crippen molar-refractivity contribution in [3.8, 4) is 0 Å². The van der Waals surface area contributed by atoms with Crippen molar-refractivity contribution in [2.75, 3.05) is 0 Å². The maximum absolute atomic E-state index is 13.0. The molecule has 5 atom stereocenters. The van der Waals surface area contributed by atoms with Crippen LogP contribution in [0.5, 0.6) is 0 Å². The molecule has 0 radical (unpaired) electrons. The van der Waals surface area contributed by atoms with Gasteiger partial charge < -0.3 is 10.2 Å². The van der Waals surface area contributed by atoms with Crippen LogP contribution in [-0.2, 0) is 4.79 Å². The second kappa shape index (κ2) is 10.3. The summed E-state index contributed by atoms with van der Waals surface area (Å²) in [4.78, 5) is 12.0. The molecule has 2 N–H and O–H groups in total. The zero-order valence-corrected chi connectivity index (χ0v) is 20.8. The van der Waals surface area contributed by atoms with Gasteiger partial charge in [0.15, 0.2) is 5.78 Å². The van der Waals surface area contributed by atoms with E-state index >= 15 is 0 Å². The lowest BCUT2D eigenvalue weighted by Gasteiger charge is -2.44. The van der Waals surface area contributed by atoms with E-state index in [9.17, 15) is 41.4 Å². The Kier molecular flexibility index (Phi) is 8.26. The first-order valence-electron chi connectivity index (χ1n) is 12.7. The van der Waals surface area contributed by atoms with E-state index in [1.54, 1.807) is 6.92 Å². The van der Waals surface area contributed by atoms with E-state index in [0.717, 1.165) is 49.7 Å². The molecule has 0 bridgehead atoms. The molecule has 1 unspecified atom stereocenters. The third-order valence-electron chi connectivity index (χ3n) is 8.96. The Bertz CT molecular complexity index is 901. The van der Waals surface area contributed by atoms with Gasteiger partial charge in [0.25, 0.3) is 0 Å². The number of carbonyl (C=O) groups is 1. The van der Waals surface area contributed by atoms with Crippen molar-refractivity contribution in [1.29, 1.82) is 0 Å². The number of aliphatic hydroxyl groups excluding tert-OH is 1. The number of rotatable bonds is 6. The number of ketones is 1. The summed E-state index contributed by atoms with van der Waals surface area (Å²) in [5, 5.41) is 19.4. The summed E-state index contributed by atoms with van der Waals surface area (Å²) >= 11 is 0. The number of halogens is 6. The fourth-order valence-corrected chi connectivity index (χ4v) is 6.83. The molecular formula is C27H36F6O3. The van der Waals surface area contributed by atoms with Crippen molar-refractivity contribution >= 4 is 5.78 Å². The average Bonchev–Trinajstić information content (AvgIpc) is 3.13. The third kappa shape index (κ3) is 5.33. The molecule has 3 rings (SSSR count). The highest BCUT2D eigenvalue weighted by Gasteiger charge is 2.74. The highest BCUT2D eigenvalue weighted by Crippen LogP contribution is 2.60. The molecule has 3 nitrogen and oxygen atoms in total. The van der Waals surface area contributed by atoms with Crippen molar-refractivity contribution in [2.45, 2.75) is 102 Å². The summed E-state index contributed by atoms with van der Waals surface area (Å²) in [6.45, 7) is 8.01. The smallest absolute Gasteiger partial charge is 0.393 e. The van der Waals surface area contributed by atoms with Gasteiger partial charge in [0.05, 0.1) is 6.10 Å². The van der Waals surface area contributed by atoms with E-state index in [-0.39, 0.29) is 35.7 Å². The summed E-state index contributed by atoms with van der Waals surface area (Å²) in [7, 11) is 0. The second-order valence-corrected chi connectivity index (χ2v) is 11.2. The quantitative estimate of drug-likeness (QED) is 0.370. The molecule has 3 aliphatic carbocycles. The topological polar surface area (TPSA) is 57.5 Å². The average molecular weight is 523 g/mol. The van der Waals surface area contributed by atoms with E-state index in [1.165, 1.54) is 5.57 Å². The minimum absolute atomic E-state index is 0.0444. The molecule has 0 aromatic heterocycles. The first-order chi connectivity index (χ1) is 16.5. The number of allylic oxidation sites excluding steroid dienone is 4. The normalized spacial score (nSPS) is 33.2. The first-order valence-corrected chi connectivity index (χ1v) is 12.7. The van der Waals surface area contributed by atoms with Crippen molar-refractivity contribution in [3.63, 3.8) is 0 Å². The Labute approximate surface area is 208 Å². The minimum atomic E-state index is -6.13. The SMILES string of the molecule is C=C1CC[C@H](O)C/C1=C/C=C1CCC[C@@]2(C)C1CC[C@@H]2[C@H](C)CCC(=O)C(O)(C(F)(F)F)C(F)(F)F. The lowest BCUT2D eigenvalue weighted by molar-refractivity contribution is -0.349. The largest absolute Gasteiger partial charge is 0.433 e. The molecule has 3 aliphatic rings. The molecule has 9 heteroatoms. The van der Waals surface area contributed by atoms with Crippen LogP contribution < -0.4 is 0 Å². The lowest BCUT2D eigenvalue weighted by Crippen LogP contribution is -2.62. The zero-order valence-electron chi connectivity index (χ0n) is 20.8. The molecule has 0 amide bonds. The van der Waals surface area contributed by atoms with E-state index in [4.69, 9.17) is 0 Å². The third-order valence-corrected chi connectivity index (χ3v) is 8.96. The highest BCUT2D eigenvalue weighted by molar-refractivity contribution is 5.89. The van der Waals surface area contributed by atoms with E-state index < -0.39 is 30.2 Å². The molecule has 36 heavy (non-hydrogen) atoms. The fraction of sp³-hybridized carbons (Fsp3) is 0.741. The molecule has 0 aromatic carbocycles. The Morgan fingerprint density at radius 1 is 1.11 bits per heavy atom. The van der Waals surface area contributed by atoms with Gasteiger partial charge in [-0.1, -0.05) is 43.7 Å². The summed E-state index contributed by atoms with van der Waals surface area (Å²) < 4.78 is 78.2. The van der Waals surface area contributed by atoms with Gasteiger partial charge >= 0.3 is 18.0 Å². The van der Waals surface area contributed by atoms with Gasteiger partial charge in [-0.25, -0.2) is 0 Å². The van der Waals surface area contributed by atoms with Crippen molar-refractivity contribution in [3.05, 3.63) is 35.5 Å². The summed E-state index contributed by atoms with van der Waals surface area (Å²) in [5.41, 5.74) is -2.17. The Morgan fingerprint density at radius 2 is 1.75 bits per heavy atom. The Hall–Kier alpha value is -1.61. The number of aliphatic hydroxyl groups is 2. The van der Waals surface area contributed by atoms with E-state index in [1.807, 2.05) is 6.08 Å². The van der Waals surface area contributed by atoms with Crippen LogP contribution in [-0.4, -0.2) is 40.1 Å². The fourth-order valence-electron chi connectivity index (χ4n) is 6.83. The van der Waals surface area contributed by atoms with Crippen LogP contribution in [0.2, 0.25) is 0 Å². The van der Waals surface area contributed by atoms with Gasteiger partial charge in [0.2, 0.25) is 0 Å². The number of Topliss-reactive ketones (excluding diaryl/α,β-unsaturated/α-hetero) is 1. The van der Waals surface area contributed by atoms with Gasteiger partial charge in [-0.3, -0.25) is 4.79 Å². The highest BCUT2D eigenvalue weighted by atomic mass is 19.4. The predicted octanol–water partition coefficient (Wildman–Crippen LogP) is 7.00. The van der Waals surface area contributed by atoms with Crippen LogP contribution in [0.1, 0.15) is 78.1 Å². The molecule has 204 valence electrons. The van der Waals surface area contributed by atoms with Gasteiger partial charge in [-0.05, 0) is 86.5 Å². The number of fused-ring (bicyclic) bond motifs is 1. The minimum Gasteiger partial charge on any atom is -0.393 e. The lowest BCUT2D eigenvalue weighted by atomic mass is 9.60. The standard InChI is InChI=1S/C27H36F6O3/c1-16-6-10-20(34)15-19(16)9-8-18-5-4-14-24(3)21(11-12-22(18)24)17(2)7-13-23(35)25(36,26(28,29)30)27(31,32)33/h8-9,17,20-22,34,36H,1,4-7,10-15H2,2-3H3/b18-8?,19-9-/t17-,20+,21-,22?,24-/m1/s1. The summed E-state index contributed by atoms with van der Waals surface area (Å²) in [6, 6.07) is 0. The predicted molar refractivity (Wildman–Crippen MR) is 124 cm³/mol. The van der Waals surface area contributed by atoms with Crippen LogP contribution in [0.3, 0.4) is 0 Å². The van der Waals surface area contributed by atoms with Crippen molar-refractivity contribution in [2.24, 2.45) is 23.2 Å². The molecule has 0 aliphatic heterocycles. The van der Waals surface area contributed by atoms with Crippen LogP contribution in [0, 0.1) is 23.2 Å². The van der Waals surface area contributed by atoms with Crippen molar-refractivity contribution in [1.82, 2.24) is 0 Å². The zero-order chi connectivity index (χ0) is 27.1. The van der Waals surface area contributed by atoms with Crippen LogP contribution in [0.15, 0.2) is 35.5 Å². The molecule has 0 saturated heterocycles. The second-order valence-electron chi connectivity index (χ2n) is 11.2. The maximum Gasteiger partial charge on any atom is 0.433 e. The van der Waals surface area contributed by atoms with Gasteiger partial charge in [0.1, 0.15) is 0 Å². The first kappa shape index (κ1) is 29.0. The van der Waals surface area contributed by atoms with Gasteiger partial charge in [0, 0.05) is 6.42 Å². The molecule has 0 heterocycles. The Morgan fingerprint density at radius 3 is 2.36 bits per heavy atom. The van der Waals surface area contributed by atoms with E-state index in [2.05, 4.69) is 19.6 Å².